The lowest BCUT2D eigenvalue weighted by Gasteiger charge is -2.13. The molecule has 2 aromatic rings. The Kier molecular flexibility index (Phi) is 4.93. The van der Waals surface area contributed by atoms with Crippen LogP contribution in [0.5, 0.6) is 0 Å². The smallest absolute Gasteiger partial charge is 0.251 e. The summed E-state index contributed by atoms with van der Waals surface area (Å²) in [4.78, 5) is 12.1. The molecule has 1 N–H and O–H groups in total. The number of halogens is 1. The highest BCUT2D eigenvalue weighted by molar-refractivity contribution is 7.90. The lowest BCUT2D eigenvalue weighted by molar-refractivity contribution is 0.0939. The largest absolute Gasteiger partial charge is 0.469 e. The number of furan rings is 1. The molecule has 1 atom stereocenters. The third-order valence-corrected chi connectivity index (χ3v) is 4.64. The monoisotopic (exact) mass is 341 g/mol. The molecule has 0 bridgehead atoms. The van der Waals surface area contributed by atoms with Gasteiger partial charge in [0.15, 0.2) is 9.84 Å². The van der Waals surface area contributed by atoms with Crippen molar-refractivity contribution in [1.82, 2.24) is 5.32 Å². The molecule has 0 saturated heterocycles. The Hall–Kier alpha value is -1.79. The minimum absolute atomic E-state index is 0.0551. The van der Waals surface area contributed by atoms with Crippen LogP contribution in [0.25, 0.3) is 0 Å². The number of carbonyl (C=O) groups excluding carboxylic acids is 1. The Balaban J connectivity index is 2.13. The molecule has 0 fully saturated rings. The van der Waals surface area contributed by atoms with Crippen LogP contribution in [0.1, 0.15) is 23.0 Å². The van der Waals surface area contributed by atoms with Crippen molar-refractivity contribution in [2.24, 2.45) is 0 Å². The van der Waals surface area contributed by atoms with E-state index >= 15 is 0 Å². The Morgan fingerprint density at radius 2 is 2.09 bits per heavy atom. The van der Waals surface area contributed by atoms with E-state index in [4.69, 9.17) is 16.0 Å². The van der Waals surface area contributed by atoms with E-state index in [0.29, 0.717) is 6.42 Å². The molecular weight excluding hydrogens is 326 g/mol. The lowest BCUT2D eigenvalue weighted by Crippen LogP contribution is -2.34. The topological polar surface area (TPSA) is 76.4 Å². The van der Waals surface area contributed by atoms with Crippen LogP contribution in [-0.2, 0) is 16.3 Å². The van der Waals surface area contributed by atoms with Crippen LogP contribution >= 0.6 is 11.6 Å². The van der Waals surface area contributed by atoms with Gasteiger partial charge in [0, 0.05) is 24.3 Å². The Morgan fingerprint density at radius 1 is 1.36 bits per heavy atom. The van der Waals surface area contributed by atoms with Crippen LogP contribution in [0.15, 0.2) is 45.9 Å². The maximum atomic E-state index is 12.2. The van der Waals surface area contributed by atoms with E-state index in [1.54, 1.807) is 12.3 Å². The fourth-order valence-corrected chi connectivity index (χ4v) is 3.32. The predicted molar refractivity (Wildman–Crippen MR) is 83.9 cm³/mol. The van der Waals surface area contributed by atoms with Gasteiger partial charge in [-0.05, 0) is 37.3 Å². The normalized spacial score (nSPS) is 12.9. The van der Waals surface area contributed by atoms with Gasteiger partial charge in [0.2, 0.25) is 0 Å². The third kappa shape index (κ3) is 4.11. The average molecular weight is 342 g/mol. The summed E-state index contributed by atoms with van der Waals surface area (Å²) in [6, 6.07) is 7.63. The van der Waals surface area contributed by atoms with Crippen molar-refractivity contribution < 1.29 is 17.6 Å². The predicted octanol–water partition coefficient (Wildman–Crippen LogP) is 2.70. The van der Waals surface area contributed by atoms with E-state index in [9.17, 15) is 13.2 Å². The molecule has 7 heteroatoms. The zero-order valence-electron chi connectivity index (χ0n) is 12.2. The van der Waals surface area contributed by atoms with Crippen molar-refractivity contribution in [2.75, 3.05) is 6.26 Å². The fourth-order valence-electron chi connectivity index (χ4n) is 2.02. The zero-order valence-corrected chi connectivity index (χ0v) is 13.7. The number of carbonyl (C=O) groups is 1. The van der Waals surface area contributed by atoms with Crippen LogP contribution in [-0.4, -0.2) is 26.6 Å². The molecule has 5 nitrogen and oxygen atoms in total. The number of amides is 1. The van der Waals surface area contributed by atoms with Crippen molar-refractivity contribution >= 4 is 27.3 Å². The Bertz CT molecular complexity index is 769. The summed E-state index contributed by atoms with van der Waals surface area (Å²) in [5, 5.41) is 2.90. The maximum Gasteiger partial charge on any atom is 0.251 e. The SMILES string of the molecule is CC(Cc1ccco1)NC(=O)c1ccc(Cl)c(S(C)(=O)=O)c1. The number of rotatable bonds is 5. The van der Waals surface area contributed by atoms with Crippen molar-refractivity contribution in [3.05, 3.63) is 52.9 Å². The highest BCUT2D eigenvalue weighted by atomic mass is 35.5. The van der Waals surface area contributed by atoms with Crippen LogP contribution in [0.4, 0.5) is 0 Å². The van der Waals surface area contributed by atoms with Gasteiger partial charge in [-0.3, -0.25) is 4.79 Å². The molecular formula is C15H16ClNO4S. The molecule has 0 spiro atoms. The molecule has 0 aliphatic carbocycles. The van der Waals surface area contributed by atoms with Crippen LogP contribution in [0, 0.1) is 0 Å². The van der Waals surface area contributed by atoms with Crippen LogP contribution < -0.4 is 5.32 Å². The molecule has 118 valence electrons. The summed E-state index contributed by atoms with van der Waals surface area (Å²) in [7, 11) is -3.49. The van der Waals surface area contributed by atoms with Crippen LogP contribution in [0.2, 0.25) is 5.02 Å². The number of sulfone groups is 1. The van der Waals surface area contributed by atoms with E-state index in [-0.39, 0.29) is 27.4 Å². The first-order valence-corrected chi connectivity index (χ1v) is 8.87. The van der Waals surface area contributed by atoms with Gasteiger partial charge in [-0.25, -0.2) is 8.42 Å². The van der Waals surface area contributed by atoms with Gasteiger partial charge in [0.25, 0.3) is 5.91 Å². The molecule has 0 aliphatic heterocycles. The van der Waals surface area contributed by atoms with E-state index in [1.165, 1.54) is 18.2 Å². The van der Waals surface area contributed by atoms with E-state index in [1.807, 2.05) is 13.0 Å². The zero-order chi connectivity index (χ0) is 16.3. The number of benzene rings is 1. The van der Waals surface area contributed by atoms with Crippen molar-refractivity contribution in [3.63, 3.8) is 0 Å². The minimum atomic E-state index is -3.49. The number of nitrogens with one attached hydrogen (secondary N) is 1. The first-order chi connectivity index (χ1) is 10.3. The van der Waals surface area contributed by atoms with Gasteiger partial charge in [-0.2, -0.15) is 0 Å². The molecule has 0 saturated carbocycles. The fraction of sp³-hybridized carbons (Fsp3) is 0.267. The highest BCUT2D eigenvalue weighted by Crippen LogP contribution is 2.22. The summed E-state index contributed by atoms with van der Waals surface area (Å²) in [5.41, 5.74) is 0.246. The molecule has 1 aromatic heterocycles. The third-order valence-electron chi connectivity index (χ3n) is 3.06. The summed E-state index contributed by atoms with van der Waals surface area (Å²) in [6.07, 6.45) is 3.17. The lowest BCUT2D eigenvalue weighted by atomic mass is 10.1. The molecule has 0 aliphatic rings. The van der Waals surface area contributed by atoms with Crippen LogP contribution in [0.3, 0.4) is 0 Å². The summed E-state index contributed by atoms with van der Waals surface area (Å²) in [6.45, 7) is 1.84. The van der Waals surface area contributed by atoms with Gasteiger partial charge in [-0.15, -0.1) is 0 Å². The second-order valence-corrected chi connectivity index (χ2v) is 7.47. The molecule has 2 rings (SSSR count). The van der Waals surface area contributed by atoms with E-state index in [0.717, 1.165) is 12.0 Å². The van der Waals surface area contributed by atoms with Gasteiger partial charge in [0.05, 0.1) is 16.2 Å². The van der Waals surface area contributed by atoms with Gasteiger partial charge < -0.3 is 9.73 Å². The Labute approximate surface area is 134 Å². The number of hydrogen-bond acceptors (Lipinski definition) is 4. The number of hydrogen-bond donors (Lipinski definition) is 1. The molecule has 1 unspecified atom stereocenters. The molecule has 1 heterocycles. The molecule has 0 radical (unpaired) electrons. The quantitative estimate of drug-likeness (QED) is 0.907. The first-order valence-electron chi connectivity index (χ1n) is 6.60. The maximum absolute atomic E-state index is 12.2. The highest BCUT2D eigenvalue weighted by Gasteiger charge is 2.17. The summed E-state index contributed by atoms with van der Waals surface area (Å²) >= 11 is 5.86. The van der Waals surface area contributed by atoms with E-state index in [2.05, 4.69) is 5.32 Å². The van der Waals surface area contributed by atoms with Crippen molar-refractivity contribution in [3.8, 4) is 0 Å². The van der Waals surface area contributed by atoms with Gasteiger partial charge >= 0.3 is 0 Å². The average Bonchev–Trinajstić information content (AvgIpc) is 2.90. The van der Waals surface area contributed by atoms with Gasteiger partial charge in [0.1, 0.15) is 5.76 Å². The summed E-state index contributed by atoms with van der Waals surface area (Å²) < 4.78 is 28.5. The van der Waals surface area contributed by atoms with E-state index < -0.39 is 9.84 Å². The second kappa shape index (κ2) is 6.54. The second-order valence-electron chi connectivity index (χ2n) is 5.08. The summed E-state index contributed by atoms with van der Waals surface area (Å²) in [5.74, 6) is 0.404. The molecule has 1 aromatic carbocycles. The van der Waals surface area contributed by atoms with Gasteiger partial charge in [-0.1, -0.05) is 11.6 Å². The minimum Gasteiger partial charge on any atom is -0.469 e. The molecule has 1 amide bonds. The first kappa shape index (κ1) is 16.6. The Morgan fingerprint density at radius 3 is 2.68 bits per heavy atom. The standard InChI is InChI=1S/C15H16ClNO4S/c1-10(8-12-4-3-7-21-12)17-15(18)11-5-6-13(16)14(9-11)22(2,19)20/h3-7,9-10H,8H2,1-2H3,(H,17,18). The van der Waals surface area contributed by atoms with Crippen molar-refractivity contribution in [1.29, 1.82) is 0 Å². The molecule has 22 heavy (non-hydrogen) atoms. The van der Waals surface area contributed by atoms with Crippen molar-refractivity contribution in [2.45, 2.75) is 24.3 Å².